The number of carbonyl (C=O) groups is 2. The van der Waals surface area contributed by atoms with Crippen LogP contribution in [-0.4, -0.2) is 23.6 Å². The lowest BCUT2D eigenvalue weighted by atomic mass is 10.2. The average molecular weight is 226 g/mol. The van der Waals surface area contributed by atoms with Crippen LogP contribution in [0, 0.1) is 0 Å². The van der Waals surface area contributed by atoms with Gasteiger partial charge in [-0.15, -0.1) is 0 Å². The van der Waals surface area contributed by atoms with E-state index >= 15 is 0 Å². The van der Waals surface area contributed by atoms with E-state index in [0.29, 0.717) is 18.4 Å². The molecule has 2 amide bonds. The first kappa shape index (κ1) is 12.5. The van der Waals surface area contributed by atoms with Gasteiger partial charge in [-0.25, -0.2) is 4.79 Å². The van der Waals surface area contributed by atoms with Crippen LogP contribution in [0.1, 0.15) is 33.6 Å². The van der Waals surface area contributed by atoms with E-state index in [1.165, 1.54) is 0 Å². The van der Waals surface area contributed by atoms with Crippen molar-refractivity contribution in [1.29, 1.82) is 0 Å². The zero-order valence-electron chi connectivity index (χ0n) is 9.87. The van der Waals surface area contributed by atoms with Crippen LogP contribution in [-0.2, 0) is 9.53 Å². The zero-order valence-corrected chi connectivity index (χ0v) is 9.87. The third-order valence-corrected chi connectivity index (χ3v) is 2.15. The molecule has 5 heteroatoms. The highest BCUT2D eigenvalue weighted by Crippen LogP contribution is 2.18. The Morgan fingerprint density at radius 2 is 2.12 bits per heavy atom. The van der Waals surface area contributed by atoms with Crippen molar-refractivity contribution >= 4 is 12.0 Å². The number of hydrogen-bond donors (Lipinski definition) is 2. The normalized spacial score (nSPS) is 20.2. The van der Waals surface area contributed by atoms with Gasteiger partial charge in [0.2, 0.25) is 5.91 Å². The largest absolute Gasteiger partial charge is 0.444 e. The highest BCUT2D eigenvalue weighted by atomic mass is 16.6. The molecule has 1 aliphatic rings. The topological polar surface area (TPSA) is 81.4 Å². The van der Waals surface area contributed by atoms with Crippen molar-refractivity contribution in [2.24, 2.45) is 5.73 Å². The van der Waals surface area contributed by atoms with Crippen molar-refractivity contribution in [3.63, 3.8) is 0 Å². The van der Waals surface area contributed by atoms with Crippen LogP contribution in [0.4, 0.5) is 4.79 Å². The Morgan fingerprint density at radius 3 is 2.56 bits per heavy atom. The minimum absolute atomic E-state index is 0.0858. The summed E-state index contributed by atoms with van der Waals surface area (Å²) in [5, 5.41) is 2.70. The van der Waals surface area contributed by atoms with Gasteiger partial charge in [0.15, 0.2) is 0 Å². The average Bonchev–Trinajstić information content (AvgIpc) is 2.48. The minimum atomic E-state index is -0.511. The molecule has 90 valence electrons. The number of hydrogen-bond acceptors (Lipinski definition) is 3. The van der Waals surface area contributed by atoms with Gasteiger partial charge in [0.05, 0.1) is 0 Å². The number of nitrogens with two attached hydrogens (primary N) is 1. The first-order valence-corrected chi connectivity index (χ1v) is 5.26. The fourth-order valence-corrected chi connectivity index (χ4v) is 1.50. The van der Waals surface area contributed by atoms with Gasteiger partial charge in [-0.05, 0) is 33.6 Å². The van der Waals surface area contributed by atoms with Crippen LogP contribution in [0.5, 0.6) is 0 Å². The maximum atomic E-state index is 11.4. The van der Waals surface area contributed by atoms with Crippen LogP contribution in [0.2, 0.25) is 0 Å². The van der Waals surface area contributed by atoms with E-state index < -0.39 is 17.6 Å². The summed E-state index contributed by atoms with van der Waals surface area (Å²) in [7, 11) is 0. The molecule has 0 aromatic rings. The quantitative estimate of drug-likeness (QED) is 0.739. The molecule has 0 aromatic heterocycles. The Labute approximate surface area is 95.0 Å². The second-order valence-electron chi connectivity index (χ2n) is 4.88. The molecule has 0 heterocycles. The Kier molecular flexibility index (Phi) is 3.57. The molecule has 0 spiro atoms. The fraction of sp³-hybridized carbons (Fsp3) is 0.636. The third-order valence-electron chi connectivity index (χ3n) is 2.15. The number of amides is 2. The van der Waals surface area contributed by atoms with Gasteiger partial charge in [0, 0.05) is 11.6 Å². The fourth-order valence-electron chi connectivity index (χ4n) is 1.50. The second kappa shape index (κ2) is 4.55. The van der Waals surface area contributed by atoms with E-state index in [1.54, 1.807) is 26.8 Å². The van der Waals surface area contributed by atoms with Gasteiger partial charge in [-0.1, -0.05) is 6.08 Å². The predicted octanol–water partition coefficient (Wildman–Crippen LogP) is 1.09. The predicted molar refractivity (Wildman–Crippen MR) is 59.7 cm³/mol. The van der Waals surface area contributed by atoms with Crippen LogP contribution in [0.25, 0.3) is 0 Å². The van der Waals surface area contributed by atoms with Crippen molar-refractivity contribution in [2.45, 2.75) is 45.3 Å². The number of alkyl carbamates (subject to hydrolysis) is 1. The van der Waals surface area contributed by atoms with E-state index in [0.717, 1.165) is 0 Å². The number of ether oxygens (including phenoxy) is 1. The van der Waals surface area contributed by atoms with Crippen molar-refractivity contribution in [3.05, 3.63) is 11.6 Å². The molecule has 0 aromatic carbocycles. The van der Waals surface area contributed by atoms with Crippen molar-refractivity contribution in [1.82, 2.24) is 5.32 Å². The SMILES string of the molecule is CC(C)(C)OC(=O)N[C@@H]1CC=C(C(N)=O)C1. The van der Waals surface area contributed by atoms with E-state index in [4.69, 9.17) is 10.5 Å². The molecule has 5 nitrogen and oxygen atoms in total. The van der Waals surface area contributed by atoms with E-state index in [1.807, 2.05) is 0 Å². The summed E-state index contributed by atoms with van der Waals surface area (Å²) >= 11 is 0. The summed E-state index contributed by atoms with van der Waals surface area (Å²) in [5.41, 5.74) is 5.20. The van der Waals surface area contributed by atoms with Crippen LogP contribution in [0.15, 0.2) is 11.6 Å². The molecule has 16 heavy (non-hydrogen) atoms. The van der Waals surface area contributed by atoms with E-state index in [9.17, 15) is 9.59 Å². The Bertz CT molecular complexity index is 329. The van der Waals surface area contributed by atoms with E-state index in [2.05, 4.69) is 5.32 Å². The smallest absolute Gasteiger partial charge is 0.407 e. The monoisotopic (exact) mass is 226 g/mol. The zero-order chi connectivity index (χ0) is 12.3. The molecule has 3 N–H and O–H groups in total. The van der Waals surface area contributed by atoms with Gasteiger partial charge in [0.25, 0.3) is 0 Å². The molecule has 0 saturated carbocycles. The lowest BCUT2D eigenvalue weighted by molar-refractivity contribution is -0.114. The first-order valence-electron chi connectivity index (χ1n) is 5.26. The second-order valence-corrected chi connectivity index (χ2v) is 4.88. The molecule has 1 rings (SSSR count). The Hall–Kier alpha value is -1.52. The Balaban J connectivity index is 2.37. The molecule has 0 aliphatic heterocycles. The molecule has 0 radical (unpaired) electrons. The van der Waals surface area contributed by atoms with Gasteiger partial charge in [-0.2, -0.15) is 0 Å². The summed E-state index contributed by atoms with van der Waals surface area (Å²) in [4.78, 5) is 22.3. The number of carbonyl (C=O) groups excluding carboxylic acids is 2. The molecular formula is C11H18N2O3. The van der Waals surface area contributed by atoms with Crippen LogP contribution < -0.4 is 11.1 Å². The summed E-state index contributed by atoms with van der Waals surface area (Å²) in [6.45, 7) is 5.40. The van der Waals surface area contributed by atoms with Gasteiger partial charge in [-0.3, -0.25) is 4.79 Å². The molecule has 0 unspecified atom stereocenters. The molecule has 0 bridgehead atoms. The Morgan fingerprint density at radius 1 is 1.50 bits per heavy atom. The van der Waals surface area contributed by atoms with Crippen LogP contribution >= 0.6 is 0 Å². The number of primary amides is 1. The van der Waals surface area contributed by atoms with E-state index in [-0.39, 0.29) is 6.04 Å². The maximum absolute atomic E-state index is 11.4. The molecule has 0 saturated heterocycles. The number of rotatable bonds is 2. The lowest BCUT2D eigenvalue weighted by Gasteiger charge is -2.21. The maximum Gasteiger partial charge on any atom is 0.407 e. The van der Waals surface area contributed by atoms with Crippen molar-refractivity contribution in [3.8, 4) is 0 Å². The standard InChI is InChI=1S/C11H18N2O3/c1-11(2,3)16-10(15)13-8-5-4-7(6-8)9(12)14/h4,8H,5-6H2,1-3H3,(H2,12,14)(H,13,15)/t8-/m1/s1. The summed E-state index contributed by atoms with van der Waals surface area (Å²) in [5.74, 6) is -0.423. The first-order chi connectivity index (χ1) is 7.28. The summed E-state index contributed by atoms with van der Waals surface area (Å²) in [6, 6.07) is -0.0858. The summed E-state index contributed by atoms with van der Waals surface area (Å²) < 4.78 is 5.11. The highest BCUT2D eigenvalue weighted by Gasteiger charge is 2.24. The van der Waals surface area contributed by atoms with Crippen LogP contribution in [0.3, 0.4) is 0 Å². The van der Waals surface area contributed by atoms with Crippen molar-refractivity contribution in [2.75, 3.05) is 0 Å². The summed E-state index contributed by atoms with van der Waals surface area (Å²) in [6.07, 6.45) is 2.40. The molecule has 1 aliphatic carbocycles. The minimum Gasteiger partial charge on any atom is -0.444 e. The molecule has 1 atom stereocenters. The van der Waals surface area contributed by atoms with Gasteiger partial charge in [0.1, 0.15) is 5.60 Å². The molecular weight excluding hydrogens is 208 g/mol. The number of nitrogens with one attached hydrogen (secondary N) is 1. The highest BCUT2D eigenvalue weighted by molar-refractivity contribution is 5.92. The van der Waals surface area contributed by atoms with Gasteiger partial charge < -0.3 is 15.8 Å². The lowest BCUT2D eigenvalue weighted by Crippen LogP contribution is -2.38. The third kappa shape index (κ3) is 3.92. The van der Waals surface area contributed by atoms with Gasteiger partial charge >= 0.3 is 6.09 Å². The van der Waals surface area contributed by atoms with Crippen molar-refractivity contribution < 1.29 is 14.3 Å². The molecule has 0 fully saturated rings.